The Hall–Kier alpha value is -2.85. The Morgan fingerprint density at radius 2 is 2.08 bits per heavy atom. The van der Waals surface area contributed by atoms with E-state index in [9.17, 15) is 14.4 Å². The fourth-order valence-corrected chi connectivity index (χ4v) is 2.15. The van der Waals surface area contributed by atoms with Gasteiger partial charge in [-0.2, -0.15) is 5.10 Å². The first-order valence-corrected chi connectivity index (χ1v) is 7.46. The first kappa shape index (κ1) is 17.5. The zero-order chi connectivity index (χ0) is 17.9. The zero-order valence-corrected chi connectivity index (χ0v) is 14.0. The molecule has 1 N–H and O–H groups in total. The van der Waals surface area contributed by atoms with Crippen molar-refractivity contribution in [2.45, 2.75) is 26.4 Å². The number of rotatable bonds is 6. The number of tetrazole rings is 1. The molecule has 1 aromatic rings. The van der Waals surface area contributed by atoms with Crippen LogP contribution in [0.2, 0.25) is 0 Å². The van der Waals surface area contributed by atoms with Crippen molar-refractivity contribution in [3.8, 4) is 0 Å². The topological polar surface area (TPSA) is 126 Å². The van der Waals surface area contributed by atoms with Crippen LogP contribution in [0.5, 0.6) is 0 Å². The molecule has 11 heteroatoms. The van der Waals surface area contributed by atoms with Crippen molar-refractivity contribution in [2.24, 2.45) is 18.1 Å². The third kappa shape index (κ3) is 3.55. The van der Waals surface area contributed by atoms with E-state index in [2.05, 4.69) is 25.9 Å². The summed E-state index contributed by atoms with van der Waals surface area (Å²) in [5.41, 5.74) is -0.317. The van der Waals surface area contributed by atoms with Gasteiger partial charge in [-0.25, -0.2) is 4.68 Å². The van der Waals surface area contributed by atoms with Crippen LogP contribution in [0.25, 0.3) is 0 Å². The number of aldehydes is 1. The molecule has 0 bridgehead atoms. The van der Waals surface area contributed by atoms with Gasteiger partial charge in [0.2, 0.25) is 11.7 Å². The van der Waals surface area contributed by atoms with Crippen molar-refractivity contribution in [3.05, 3.63) is 0 Å². The fourth-order valence-electron chi connectivity index (χ4n) is 2.15. The number of carbonyl (C=O) groups excluding carboxylic acids is 3. The molecule has 0 radical (unpaired) electrons. The number of hydrogen-bond donors (Lipinski definition) is 1. The highest BCUT2D eigenvalue weighted by molar-refractivity contribution is 6.67. The van der Waals surface area contributed by atoms with Crippen LogP contribution in [0.3, 0.4) is 0 Å². The van der Waals surface area contributed by atoms with E-state index < -0.39 is 18.0 Å². The fraction of sp³-hybridized carbons (Fsp3) is 0.615. The first-order chi connectivity index (χ1) is 11.3. The number of nitrogens with zero attached hydrogens (tertiary/aromatic N) is 7. The van der Waals surface area contributed by atoms with Gasteiger partial charge < -0.3 is 4.90 Å². The van der Waals surface area contributed by atoms with E-state index in [4.69, 9.17) is 0 Å². The maximum atomic E-state index is 12.6. The van der Waals surface area contributed by atoms with Crippen LogP contribution in [0.1, 0.15) is 20.3 Å². The molecule has 0 aliphatic carbocycles. The third-order valence-corrected chi connectivity index (χ3v) is 3.55. The Morgan fingerprint density at radius 1 is 1.38 bits per heavy atom. The molecule has 1 aliphatic rings. The van der Waals surface area contributed by atoms with Crippen LogP contribution in [0.4, 0.5) is 5.95 Å². The molecule has 0 saturated carbocycles. The maximum Gasteiger partial charge on any atom is 0.284 e. The minimum absolute atomic E-state index is 0.0874. The summed E-state index contributed by atoms with van der Waals surface area (Å²) < 4.78 is 1.25. The van der Waals surface area contributed by atoms with Gasteiger partial charge in [-0.1, -0.05) is 18.9 Å². The van der Waals surface area contributed by atoms with Crippen molar-refractivity contribution in [2.75, 3.05) is 18.9 Å². The monoisotopic (exact) mass is 336 g/mol. The number of likely N-dealkylation sites (N-methyl/N-ethyl adjacent to an activating group) is 1. The highest BCUT2D eigenvalue weighted by Crippen LogP contribution is 2.14. The molecule has 2 heterocycles. The Morgan fingerprint density at radius 3 is 2.62 bits per heavy atom. The Balaban J connectivity index is 2.22. The van der Waals surface area contributed by atoms with Crippen LogP contribution in [-0.4, -0.2) is 73.7 Å². The number of amides is 2. The van der Waals surface area contributed by atoms with E-state index in [-0.39, 0.29) is 11.7 Å². The predicted molar refractivity (Wildman–Crippen MR) is 83.6 cm³/mol. The van der Waals surface area contributed by atoms with Gasteiger partial charge in [0, 0.05) is 20.6 Å². The van der Waals surface area contributed by atoms with Gasteiger partial charge >= 0.3 is 0 Å². The lowest BCUT2D eigenvalue weighted by molar-refractivity contribution is -0.138. The maximum absolute atomic E-state index is 12.6. The first-order valence-electron chi connectivity index (χ1n) is 7.46. The molecular formula is C13H20N8O3. The SMILES string of the molecule is CC(C)CCN1C(=O)C(C(=O)Nc2nnnn2C)=NN(C)C1C=O. The lowest BCUT2D eigenvalue weighted by Crippen LogP contribution is -2.57. The van der Waals surface area contributed by atoms with Crippen LogP contribution in [0.15, 0.2) is 5.10 Å². The molecule has 1 aliphatic heterocycles. The molecule has 130 valence electrons. The summed E-state index contributed by atoms with van der Waals surface area (Å²) in [6.45, 7) is 4.37. The van der Waals surface area contributed by atoms with Gasteiger partial charge in [-0.15, -0.1) is 0 Å². The van der Waals surface area contributed by atoms with Crippen LogP contribution in [0, 0.1) is 5.92 Å². The van der Waals surface area contributed by atoms with E-state index in [1.54, 1.807) is 7.05 Å². The van der Waals surface area contributed by atoms with Crippen molar-refractivity contribution >= 4 is 29.8 Å². The molecule has 2 amide bonds. The predicted octanol–water partition coefficient (Wildman–Crippen LogP) is -1.15. The Bertz CT molecular complexity index is 668. The second-order valence-corrected chi connectivity index (χ2v) is 5.83. The van der Waals surface area contributed by atoms with Crippen LogP contribution < -0.4 is 5.32 Å². The molecule has 0 saturated heterocycles. The van der Waals surface area contributed by atoms with Gasteiger partial charge in [0.05, 0.1) is 0 Å². The largest absolute Gasteiger partial charge is 0.309 e. The lowest BCUT2D eigenvalue weighted by atomic mass is 10.1. The summed E-state index contributed by atoms with van der Waals surface area (Å²) in [4.78, 5) is 37.6. The molecule has 1 unspecified atom stereocenters. The number of anilines is 1. The average Bonchev–Trinajstić information content (AvgIpc) is 2.92. The summed E-state index contributed by atoms with van der Waals surface area (Å²) in [5.74, 6) is -0.900. The van der Waals surface area contributed by atoms with Gasteiger partial charge in [0.25, 0.3) is 11.8 Å². The Kier molecular flexibility index (Phi) is 5.21. The van der Waals surface area contributed by atoms with E-state index in [1.165, 1.54) is 21.6 Å². The number of aromatic nitrogens is 4. The lowest BCUT2D eigenvalue weighted by Gasteiger charge is -2.37. The summed E-state index contributed by atoms with van der Waals surface area (Å²) >= 11 is 0. The number of aryl methyl sites for hydroxylation is 1. The molecule has 0 fully saturated rings. The zero-order valence-electron chi connectivity index (χ0n) is 14.0. The molecule has 2 rings (SSSR count). The molecule has 1 aromatic heterocycles. The third-order valence-electron chi connectivity index (χ3n) is 3.55. The Labute approximate surface area is 138 Å². The number of carbonyl (C=O) groups is 3. The van der Waals surface area contributed by atoms with Crippen molar-refractivity contribution in [1.29, 1.82) is 0 Å². The van der Waals surface area contributed by atoms with Gasteiger partial charge in [-0.05, 0) is 22.8 Å². The standard InChI is InChI=1S/C13H20N8O3/c1-8(2)5-6-21-9(7-22)19(3)16-10(12(21)24)11(23)14-13-15-17-18-20(13)4/h7-9H,5-6H2,1-4H3,(H,14,15,18,23). The van der Waals surface area contributed by atoms with Crippen molar-refractivity contribution in [3.63, 3.8) is 0 Å². The van der Waals surface area contributed by atoms with Gasteiger partial charge in [0.15, 0.2) is 12.5 Å². The van der Waals surface area contributed by atoms with Crippen molar-refractivity contribution < 1.29 is 14.4 Å². The van der Waals surface area contributed by atoms with E-state index in [0.29, 0.717) is 25.2 Å². The summed E-state index contributed by atoms with van der Waals surface area (Å²) in [6.07, 6.45) is 0.499. The highest BCUT2D eigenvalue weighted by atomic mass is 16.2. The molecule has 24 heavy (non-hydrogen) atoms. The molecule has 1 atom stereocenters. The second kappa shape index (κ2) is 7.15. The van der Waals surface area contributed by atoms with Crippen molar-refractivity contribution in [1.82, 2.24) is 30.1 Å². The summed E-state index contributed by atoms with van der Waals surface area (Å²) in [7, 11) is 3.08. The minimum atomic E-state index is -0.829. The quantitative estimate of drug-likeness (QED) is 0.650. The molecular weight excluding hydrogens is 316 g/mol. The van der Waals surface area contributed by atoms with Gasteiger partial charge in [0.1, 0.15) is 0 Å². The van der Waals surface area contributed by atoms with Crippen LogP contribution >= 0.6 is 0 Å². The number of hydrazone groups is 1. The molecule has 0 aromatic carbocycles. The van der Waals surface area contributed by atoms with Gasteiger partial charge in [-0.3, -0.25) is 24.7 Å². The van der Waals surface area contributed by atoms with E-state index >= 15 is 0 Å². The van der Waals surface area contributed by atoms with E-state index in [1.807, 2.05) is 13.8 Å². The summed E-state index contributed by atoms with van der Waals surface area (Å²) in [6, 6.07) is 0. The molecule has 11 nitrogen and oxygen atoms in total. The second-order valence-electron chi connectivity index (χ2n) is 5.83. The van der Waals surface area contributed by atoms with Crippen LogP contribution in [-0.2, 0) is 21.4 Å². The number of hydrogen-bond acceptors (Lipinski definition) is 8. The molecule has 0 spiro atoms. The van der Waals surface area contributed by atoms with E-state index in [0.717, 1.165) is 0 Å². The number of nitrogens with one attached hydrogen (secondary N) is 1. The minimum Gasteiger partial charge on any atom is -0.309 e. The smallest absolute Gasteiger partial charge is 0.284 e. The summed E-state index contributed by atoms with van der Waals surface area (Å²) in [5, 5.41) is 18.3. The normalized spacial score (nSPS) is 18.0. The average molecular weight is 336 g/mol. The highest BCUT2D eigenvalue weighted by Gasteiger charge is 2.37.